The van der Waals surface area contributed by atoms with E-state index in [4.69, 9.17) is 0 Å². The van der Waals surface area contributed by atoms with Gasteiger partial charge in [0.2, 0.25) is 5.91 Å². The summed E-state index contributed by atoms with van der Waals surface area (Å²) in [6.45, 7) is 5.07. The Kier molecular flexibility index (Phi) is 5.73. The summed E-state index contributed by atoms with van der Waals surface area (Å²) in [6, 6.07) is 6.95. The van der Waals surface area contributed by atoms with Gasteiger partial charge in [0.05, 0.1) is 10.9 Å². The predicted molar refractivity (Wildman–Crippen MR) is 90.5 cm³/mol. The summed E-state index contributed by atoms with van der Waals surface area (Å²) in [7, 11) is 0. The molecule has 0 saturated carbocycles. The van der Waals surface area contributed by atoms with Gasteiger partial charge < -0.3 is 10.3 Å². The fourth-order valence-electron chi connectivity index (χ4n) is 2.36. The fraction of sp³-hybridized carbons (Fsp3) is 0.471. The number of rotatable bonds is 7. The number of nitrogens with one attached hydrogen (secondary N) is 2. The number of carbonyl (C=O) groups is 1. The Balaban J connectivity index is 1.94. The molecule has 2 rings (SSSR count). The van der Waals surface area contributed by atoms with Gasteiger partial charge in [-0.25, -0.2) is 4.79 Å². The number of fused-ring (bicyclic) bond motifs is 1. The highest BCUT2D eigenvalue weighted by molar-refractivity contribution is 5.77. The van der Waals surface area contributed by atoms with Gasteiger partial charge in [-0.2, -0.15) is 0 Å². The standard InChI is InChI=1S/C17H23N3O3/c1-12(2)11-18-15(21)9-5-6-10-20-16(22)13-7-3-4-8-14(13)19-17(20)23/h3-4,7-8,12H,5-6,9-11H2,1-2H3,(H,18,21)(H,19,23). The molecule has 0 atom stereocenters. The van der Waals surface area contributed by atoms with Gasteiger partial charge in [-0.15, -0.1) is 0 Å². The molecule has 1 aromatic heterocycles. The number of carbonyl (C=O) groups excluding carboxylic acids is 1. The van der Waals surface area contributed by atoms with Gasteiger partial charge in [-0.3, -0.25) is 14.2 Å². The van der Waals surface area contributed by atoms with E-state index >= 15 is 0 Å². The van der Waals surface area contributed by atoms with Crippen LogP contribution in [-0.2, 0) is 11.3 Å². The molecule has 0 saturated heterocycles. The average molecular weight is 317 g/mol. The van der Waals surface area contributed by atoms with E-state index in [2.05, 4.69) is 10.3 Å². The first-order valence-corrected chi connectivity index (χ1v) is 7.97. The van der Waals surface area contributed by atoms with Crippen LogP contribution >= 0.6 is 0 Å². The van der Waals surface area contributed by atoms with Crippen LogP contribution in [0.2, 0.25) is 0 Å². The first-order valence-electron chi connectivity index (χ1n) is 7.97. The molecule has 0 aliphatic rings. The lowest BCUT2D eigenvalue weighted by atomic mass is 10.2. The van der Waals surface area contributed by atoms with Crippen molar-refractivity contribution < 1.29 is 4.79 Å². The maximum atomic E-state index is 12.3. The van der Waals surface area contributed by atoms with Crippen molar-refractivity contribution in [2.75, 3.05) is 6.54 Å². The summed E-state index contributed by atoms with van der Waals surface area (Å²) in [5.41, 5.74) is -0.140. The van der Waals surface area contributed by atoms with E-state index < -0.39 is 5.69 Å². The van der Waals surface area contributed by atoms with Gasteiger partial charge in [0.1, 0.15) is 0 Å². The van der Waals surface area contributed by atoms with E-state index in [-0.39, 0.29) is 11.5 Å². The van der Waals surface area contributed by atoms with Crippen LogP contribution in [0, 0.1) is 5.92 Å². The van der Waals surface area contributed by atoms with Crippen LogP contribution in [0.1, 0.15) is 33.1 Å². The molecule has 6 heteroatoms. The van der Waals surface area contributed by atoms with Crippen LogP contribution in [0.25, 0.3) is 10.9 Å². The molecule has 124 valence electrons. The van der Waals surface area contributed by atoms with Crippen molar-refractivity contribution in [2.45, 2.75) is 39.7 Å². The zero-order chi connectivity index (χ0) is 16.8. The first-order chi connectivity index (χ1) is 11.0. The number of H-pyrrole nitrogens is 1. The summed E-state index contributed by atoms with van der Waals surface area (Å²) in [5.74, 6) is 0.437. The van der Waals surface area contributed by atoms with Crippen LogP contribution < -0.4 is 16.6 Å². The highest BCUT2D eigenvalue weighted by Gasteiger charge is 2.07. The van der Waals surface area contributed by atoms with E-state index in [1.807, 2.05) is 13.8 Å². The number of aromatic nitrogens is 2. The molecule has 0 fully saturated rings. The van der Waals surface area contributed by atoms with Crippen molar-refractivity contribution in [1.29, 1.82) is 0 Å². The number of hydrogen-bond donors (Lipinski definition) is 2. The summed E-state index contributed by atoms with van der Waals surface area (Å²) in [5, 5.41) is 3.35. The molecule has 0 aliphatic carbocycles. The van der Waals surface area contributed by atoms with Gasteiger partial charge in [0, 0.05) is 19.5 Å². The molecule has 1 aromatic carbocycles. The van der Waals surface area contributed by atoms with Crippen LogP contribution in [-0.4, -0.2) is 22.0 Å². The zero-order valence-corrected chi connectivity index (χ0v) is 13.6. The van der Waals surface area contributed by atoms with Gasteiger partial charge in [-0.1, -0.05) is 26.0 Å². The van der Waals surface area contributed by atoms with Gasteiger partial charge in [-0.05, 0) is 30.9 Å². The van der Waals surface area contributed by atoms with E-state index in [9.17, 15) is 14.4 Å². The highest BCUT2D eigenvalue weighted by Crippen LogP contribution is 2.04. The lowest BCUT2D eigenvalue weighted by Gasteiger charge is -2.08. The van der Waals surface area contributed by atoms with Crippen LogP contribution in [0.15, 0.2) is 33.9 Å². The average Bonchev–Trinajstić information content (AvgIpc) is 2.52. The zero-order valence-electron chi connectivity index (χ0n) is 13.6. The number of unbranched alkanes of at least 4 members (excludes halogenated alkanes) is 1. The molecular formula is C17H23N3O3. The first kappa shape index (κ1) is 17.0. The summed E-state index contributed by atoms with van der Waals surface area (Å²) >= 11 is 0. The van der Waals surface area contributed by atoms with Gasteiger partial charge >= 0.3 is 5.69 Å². The Labute approximate surface area is 134 Å². The van der Waals surface area contributed by atoms with Gasteiger partial charge in [0.15, 0.2) is 0 Å². The maximum Gasteiger partial charge on any atom is 0.328 e. The monoisotopic (exact) mass is 317 g/mol. The molecule has 2 N–H and O–H groups in total. The van der Waals surface area contributed by atoms with Crippen molar-refractivity contribution in [3.05, 3.63) is 45.1 Å². The van der Waals surface area contributed by atoms with Crippen molar-refractivity contribution in [3.8, 4) is 0 Å². The second-order valence-corrected chi connectivity index (χ2v) is 6.09. The normalized spacial score (nSPS) is 11.1. The third-order valence-electron chi connectivity index (χ3n) is 3.63. The third-order valence-corrected chi connectivity index (χ3v) is 3.63. The number of nitrogens with zero attached hydrogens (tertiary/aromatic N) is 1. The number of benzene rings is 1. The summed E-state index contributed by atoms with van der Waals surface area (Å²) in [6.07, 6.45) is 1.66. The van der Waals surface area contributed by atoms with Crippen molar-refractivity contribution >= 4 is 16.8 Å². The predicted octanol–water partition coefficient (Wildman–Crippen LogP) is 1.63. The minimum absolute atomic E-state index is 0.0125. The molecule has 6 nitrogen and oxygen atoms in total. The van der Waals surface area contributed by atoms with E-state index in [1.165, 1.54) is 4.57 Å². The summed E-state index contributed by atoms with van der Waals surface area (Å²) < 4.78 is 1.20. The highest BCUT2D eigenvalue weighted by atomic mass is 16.2. The quantitative estimate of drug-likeness (QED) is 0.761. The van der Waals surface area contributed by atoms with Crippen molar-refractivity contribution in [2.24, 2.45) is 5.92 Å². The molecule has 0 unspecified atom stereocenters. The topological polar surface area (TPSA) is 84.0 Å². The summed E-state index contributed by atoms with van der Waals surface area (Å²) in [4.78, 5) is 38.6. The van der Waals surface area contributed by atoms with E-state index in [0.717, 1.165) is 0 Å². The number of aromatic amines is 1. The Morgan fingerprint density at radius 3 is 2.70 bits per heavy atom. The van der Waals surface area contributed by atoms with Gasteiger partial charge in [0.25, 0.3) is 5.56 Å². The smallest absolute Gasteiger partial charge is 0.328 e. The lowest BCUT2D eigenvalue weighted by molar-refractivity contribution is -0.121. The van der Waals surface area contributed by atoms with Crippen LogP contribution in [0.5, 0.6) is 0 Å². The Bertz CT molecular complexity index is 790. The third kappa shape index (κ3) is 4.55. The molecular weight excluding hydrogens is 294 g/mol. The molecule has 0 spiro atoms. The number of para-hydroxylation sites is 1. The second-order valence-electron chi connectivity index (χ2n) is 6.09. The van der Waals surface area contributed by atoms with E-state index in [1.54, 1.807) is 24.3 Å². The molecule has 1 amide bonds. The number of hydrogen-bond acceptors (Lipinski definition) is 3. The van der Waals surface area contributed by atoms with Crippen molar-refractivity contribution in [1.82, 2.24) is 14.9 Å². The van der Waals surface area contributed by atoms with E-state index in [0.29, 0.717) is 49.2 Å². The fourth-order valence-corrected chi connectivity index (χ4v) is 2.36. The minimum Gasteiger partial charge on any atom is -0.356 e. The molecule has 0 radical (unpaired) electrons. The Morgan fingerprint density at radius 2 is 1.96 bits per heavy atom. The second kappa shape index (κ2) is 7.76. The largest absolute Gasteiger partial charge is 0.356 e. The lowest BCUT2D eigenvalue weighted by Crippen LogP contribution is -2.35. The molecule has 23 heavy (non-hydrogen) atoms. The Hall–Kier alpha value is -2.37. The molecule has 1 heterocycles. The Morgan fingerprint density at radius 1 is 1.22 bits per heavy atom. The van der Waals surface area contributed by atoms with Crippen LogP contribution in [0.4, 0.5) is 0 Å². The minimum atomic E-state index is -0.405. The van der Waals surface area contributed by atoms with Crippen molar-refractivity contribution in [3.63, 3.8) is 0 Å². The maximum absolute atomic E-state index is 12.3. The SMILES string of the molecule is CC(C)CNC(=O)CCCCn1c(=O)[nH]c2ccccc2c1=O. The number of amides is 1. The molecule has 0 aliphatic heterocycles. The molecule has 2 aromatic rings. The van der Waals surface area contributed by atoms with Crippen LogP contribution in [0.3, 0.4) is 0 Å². The molecule has 0 bridgehead atoms.